The van der Waals surface area contributed by atoms with Crippen LogP contribution in [0.25, 0.3) is 21.8 Å². The number of amides is 4. The van der Waals surface area contributed by atoms with Gasteiger partial charge in [0.15, 0.2) is 0 Å². The number of nitrogens with one attached hydrogen (secondary N) is 2. The second kappa shape index (κ2) is 11.7. The molecule has 0 bridgehead atoms. The molecule has 4 amide bonds. The monoisotopic (exact) mass is 650 g/mol. The summed E-state index contributed by atoms with van der Waals surface area (Å²) in [4.78, 5) is 26.0. The first kappa shape index (κ1) is 24.7. The predicted octanol–water partition coefficient (Wildman–Crippen LogP) is 3.12. The number of nitrogens with two attached hydrogens (primary N) is 2. The summed E-state index contributed by atoms with van der Waals surface area (Å²) in [6.07, 6.45) is 0. The van der Waals surface area contributed by atoms with Crippen molar-refractivity contribution in [3.8, 4) is 11.8 Å². The molecule has 0 saturated heterocycles. The molecular weight excluding hydrogens is 637 g/mol. The first-order valence-corrected chi connectivity index (χ1v) is 12.8. The van der Waals surface area contributed by atoms with Gasteiger partial charge in [-0.25, -0.2) is 9.59 Å². The first-order chi connectivity index (χ1) is 15.4. The molecule has 0 spiro atoms. The van der Waals surface area contributed by atoms with Gasteiger partial charge < -0.3 is 31.6 Å². The maximum absolute atomic E-state index is 11.4. The number of para-hydroxylation sites is 2. The number of urea groups is 2. The number of aromatic amines is 2. The van der Waals surface area contributed by atoms with Gasteiger partial charge in [-0.2, -0.15) is 0 Å². The number of H-pyrrole nitrogens is 2. The first-order valence-electron chi connectivity index (χ1n) is 8.51. The number of nitrogens with zero attached hydrogens (tertiary/aromatic N) is 4. The van der Waals surface area contributed by atoms with Crippen molar-refractivity contribution in [3.05, 3.63) is 48.5 Å². The topological polar surface area (TPSA) is 213 Å². The molecule has 4 rings (SSSR count). The van der Waals surface area contributed by atoms with Gasteiger partial charge in [0.25, 0.3) is 0 Å². The van der Waals surface area contributed by atoms with E-state index in [2.05, 4.69) is 30.4 Å². The number of azo groups is 2. The summed E-state index contributed by atoms with van der Waals surface area (Å²) in [5.74, 6) is -0.776. The van der Waals surface area contributed by atoms with E-state index in [4.69, 9.17) is 20.0 Å². The van der Waals surface area contributed by atoms with Gasteiger partial charge >= 0.3 is 44.1 Å². The number of rotatable bonds is 2. The van der Waals surface area contributed by atoms with Crippen LogP contribution < -0.4 is 21.7 Å². The number of carbonyl (C=O) groups excluding carboxylic acids is 2. The Balaban J connectivity index is 0.000000211. The molecule has 2 aromatic carbocycles. The van der Waals surface area contributed by atoms with Gasteiger partial charge in [-0.05, 0) is 23.9 Å². The fourth-order valence-corrected chi connectivity index (χ4v) is 2.60. The van der Waals surface area contributed by atoms with E-state index in [0.29, 0.717) is 21.8 Å². The summed E-state index contributed by atoms with van der Waals surface area (Å²) in [5, 5.41) is 37.3. The minimum absolute atomic E-state index is 0.101. The van der Waals surface area contributed by atoms with Crippen LogP contribution in [0.15, 0.2) is 69.0 Å². The molecule has 32 heavy (non-hydrogen) atoms. The summed E-state index contributed by atoms with van der Waals surface area (Å²) >= 11 is 0.917. The van der Waals surface area contributed by atoms with E-state index >= 15 is 0 Å². The van der Waals surface area contributed by atoms with Gasteiger partial charge in [-0.15, -0.1) is 10.2 Å². The summed E-state index contributed by atoms with van der Waals surface area (Å²) in [5.41, 5.74) is 11.1. The zero-order valence-electron chi connectivity index (χ0n) is 16.0. The van der Waals surface area contributed by atoms with E-state index in [0.717, 1.165) is 23.5 Å². The Morgan fingerprint density at radius 3 is 1.44 bits per heavy atom. The molecule has 2 heterocycles. The third-order valence-electron chi connectivity index (χ3n) is 3.79. The van der Waals surface area contributed by atoms with Crippen LogP contribution in [0.4, 0.5) is 21.0 Å². The average Bonchev–Trinajstić information content (AvgIpc) is 3.27. The Bertz CT molecular complexity index is 1200. The number of hydrogen-bond acceptors (Lipinski definition) is 6. The molecule has 4 aromatic rings. The van der Waals surface area contributed by atoms with Crippen molar-refractivity contribution in [1.29, 1.82) is 0 Å². The van der Waals surface area contributed by atoms with Crippen LogP contribution in [-0.4, -0.2) is 45.6 Å². The molecule has 2 aromatic heterocycles. The summed E-state index contributed by atoms with van der Waals surface area (Å²) in [6, 6.07) is 12.1. The molecule has 0 aliphatic rings. The van der Waals surface area contributed by atoms with Crippen LogP contribution >= 0.6 is 8.51 Å². The molecule has 12 nitrogen and oxygen atoms in total. The summed E-state index contributed by atoms with van der Waals surface area (Å²) < 4.78 is 0. The Morgan fingerprint density at radius 2 is 1.09 bits per heavy atom. The molecule has 162 valence electrons. The Labute approximate surface area is 198 Å². The van der Waals surface area contributed by atoms with E-state index < -0.39 is 12.1 Å². The van der Waals surface area contributed by atoms with E-state index in [1.54, 1.807) is 48.5 Å². The van der Waals surface area contributed by atoms with Crippen LogP contribution in [-0.2, 0) is 0 Å². The van der Waals surface area contributed by atoms with Crippen LogP contribution in [0.1, 0.15) is 0 Å². The van der Waals surface area contributed by atoms with Crippen LogP contribution in [0.5, 0.6) is 11.8 Å². The maximum atomic E-state index is 11.4. The molecule has 0 atom stereocenters. The fourth-order valence-electron chi connectivity index (χ4n) is 2.60. The van der Waals surface area contributed by atoms with Crippen molar-refractivity contribution in [2.24, 2.45) is 31.9 Å². The number of primary amides is 2. The zero-order chi connectivity index (χ0) is 23.7. The van der Waals surface area contributed by atoms with Gasteiger partial charge in [0.2, 0.25) is 0 Å². The molecule has 0 unspecified atom stereocenters. The van der Waals surface area contributed by atoms with Crippen LogP contribution in [0, 0.1) is 0 Å². The molecule has 0 aliphatic carbocycles. The molecule has 6 N–H and O–H groups in total. The van der Waals surface area contributed by atoms with E-state index in [9.17, 15) is 19.8 Å². The number of carbonyl (C=O) groups is 2. The van der Waals surface area contributed by atoms with Crippen molar-refractivity contribution in [1.82, 2.24) is 9.97 Å². The number of hydrogen-bond donors (Lipinski definition) is 4. The third kappa shape index (κ3) is 6.22. The number of benzene rings is 2. The Hall–Kier alpha value is -3.57. The second-order valence-corrected chi connectivity index (χ2v) is 5.77. The predicted molar refractivity (Wildman–Crippen MR) is 115 cm³/mol. The summed E-state index contributed by atoms with van der Waals surface area (Å²) in [6.45, 7) is 0. The number of aromatic nitrogens is 2. The average molecular weight is 651 g/mol. The normalized spacial score (nSPS) is 10.7. The number of fused-ring (bicyclic) bond motifs is 2. The zero-order valence-corrected chi connectivity index (χ0v) is 20.3. The van der Waals surface area contributed by atoms with Gasteiger partial charge in [0, 0.05) is 21.8 Å². The van der Waals surface area contributed by atoms with Gasteiger partial charge in [0.1, 0.15) is 11.4 Å². The molecule has 14 heteroatoms. The molecule has 0 saturated carbocycles. The van der Waals surface area contributed by atoms with Crippen molar-refractivity contribution in [2.45, 2.75) is 0 Å². The van der Waals surface area contributed by atoms with Crippen molar-refractivity contribution >= 4 is 77.3 Å². The van der Waals surface area contributed by atoms with Crippen LogP contribution in [0.3, 0.4) is 0 Å². The minimum atomic E-state index is -0.931. The van der Waals surface area contributed by atoms with Gasteiger partial charge in [-0.1, -0.05) is 46.6 Å². The van der Waals surface area contributed by atoms with Gasteiger partial charge in [-0.3, -0.25) is 0 Å². The SMILES string of the molecule is NC(=O)N=Nc1c([O-])[nH]c2ccccc12.NC(=O)N=Nc1c([O-])[nH]c2ccccc12.[Cl][Bi+2]. The van der Waals surface area contributed by atoms with Crippen molar-refractivity contribution < 1.29 is 19.8 Å². The van der Waals surface area contributed by atoms with E-state index in [-0.39, 0.29) is 23.1 Å². The Morgan fingerprint density at radius 1 is 0.750 bits per heavy atom. The Kier molecular flexibility index (Phi) is 9.05. The van der Waals surface area contributed by atoms with E-state index in [1.165, 1.54) is 0 Å². The quantitative estimate of drug-likeness (QED) is 0.190. The second-order valence-electron chi connectivity index (χ2n) is 5.77. The van der Waals surface area contributed by atoms with Crippen molar-refractivity contribution in [2.75, 3.05) is 0 Å². The van der Waals surface area contributed by atoms with Crippen LogP contribution in [0.2, 0.25) is 0 Å². The summed E-state index contributed by atoms with van der Waals surface area (Å²) in [7, 11) is 4.75. The number of halogens is 1. The fraction of sp³-hybridized carbons (Fsp3) is 0. The van der Waals surface area contributed by atoms with Crippen molar-refractivity contribution in [3.63, 3.8) is 0 Å². The third-order valence-corrected chi connectivity index (χ3v) is 3.79. The molecular formula is C18H14BiClN8O4. The molecule has 0 aliphatic heterocycles. The van der Waals surface area contributed by atoms with Gasteiger partial charge in [0.05, 0.1) is 0 Å². The van der Waals surface area contributed by atoms with E-state index in [1.807, 2.05) is 0 Å². The standard InChI is InChI=1S/2C9H8N4O2.Bi.ClH/c2*10-9(15)13-12-7-5-3-1-2-4-6(5)11-8(7)14;;/h2*1-4,11,14H,(H2,10,15);;1H/q;;+3;/p-3. The molecule has 2 radical (unpaired) electrons. The molecule has 0 fully saturated rings.